The number of hydrogen-bond acceptors (Lipinski definition) is 4. The summed E-state index contributed by atoms with van der Waals surface area (Å²) in [6.45, 7) is 4.35. The maximum atomic E-state index is 12.4. The maximum Gasteiger partial charge on any atom is 0.275 e. The van der Waals surface area contributed by atoms with Crippen molar-refractivity contribution in [3.63, 3.8) is 0 Å². The first-order valence-corrected chi connectivity index (χ1v) is 8.68. The predicted molar refractivity (Wildman–Crippen MR) is 104 cm³/mol. The molecule has 0 saturated heterocycles. The van der Waals surface area contributed by atoms with Gasteiger partial charge in [-0.15, -0.1) is 0 Å². The fraction of sp³-hybridized carbons (Fsp3) is 0.190. The number of carbonyl (C=O) groups excluding carboxylic acids is 1. The molecule has 138 valence electrons. The van der Waals surface area contributed by atoms with Gasteiger partial charge >= 0.3 is 0 Å². The molecule has 3 rings (SSSR count). The summed E-state index contributed by atoms with van der Waals surface area (Å²) in [5.41, 5.74) is 2.05. The zero-order chi connectivity index (χ0) is 19.2. The summed E-state index contributed by atoms with van der Waals surface area (Å²) in [6, 6.07) is 18.4. The van der Waals surface area contributed by atoms with E-state index in [9.17, 15) is 9.59 Å². The Bertz CT molecular complexity index is 980. The summed E-state index contributed by atoms with van der Waals surface area (Å²) in [6.07, 6.45) is 0. The highest BCUT2D eigenvalue weighted by Gasteiger charge is 2.14. The van der Waals surface area contributed by atoms with E-state index in [2.05, 4.69) is 10.4 Å². The van der Waals surface area contributed by atoms with Gasteiger partial charge in [-0.1, -0.05) is 35.9 Å². The van der Waals surface area contributed by atoms with Crippen LogP contribution in [0.5, 0.6) is 5.75 Å². The van der Waals surface area contributed by atoms with Gasteiger partial charge in [0, 0.05) is 11.8 Å². The highest BCUT2D eigenvalue weighted by Crippen LogP contribution is 2.11. The Morgan fingerprint density at radius 1 is 1.07 bits per heavy atom. The van der Waals surface area contributed by atoms with Crippen LogP contribution >= 0.6 is 0 Å². The van der Waals surface area contributed by atoms with Crippen LogP contribution in [-0.4, -0.2) is 28.8 Å². The Labute approximate surface area is 157 Å². The lowest BCUT2D eigenvalue weighted by atomic mass is 10.2. The van der Waals surface area contributed by atoms with Crippen LogP contribution in [0.2, 0.25) is 0 Å². The summed E-state index contributed by atoms with van der Waals surface area (Å²) in [4.78, 5) is 24.6. The highest BCUT2D eigenvalue weighted by molar-refractivity contribution is 5.92. The first kappa shape index (κ1) is 18.4. The molecule has 0 fully saturated rings. The van der Waals surface area contributed by atoms with E-state index in [0.717, 1.165) is 17.0 Å². The molecule has 0 saturated carbocycles. The molecular weight excluding hydrogens is 342 g/mol. The van der Waals surface area contributed by atoms with Crippen molar-refractivity contribution >= 4 is 5.91 Å². The third kappa shape index (κ3) is 4.61. The molecule has 6 nitrogen and oxygen atoms in total. The average molecular weight is 363 g/mol. The fourth-order valence-electron chi connectivity index (χ4n) is 2.59. The standard InChI is InChI=1S/C21H21N3O3/c1-15-8-10-18(11-9-15)27-13-12-22-21(26)20-19(25)14-16(2)24(23-20)17-6-4-3-5-7-17/h3-11,14H,12-13H2,1-2H3,(H,22,26). The minimum atomic E-state index is -0.516. The lowest BCUT2D eigenvalue weighted by molar-refractivity contribution is 0.0939. The van der Waals surface area contributed by atoms with E-state index in [1.54, 1.807) is 11.6 Å². The summed E-state index contributed by atoms with van der Waals surface area (Å²) >= 11 is 0. The Balaban J connectivity index is 1.66. The fourth-order valence-corrected chi connectivity index (χ4v) is 2.59. The van der Waals surface area contributed by atoms with Crippen molar-refractivity contribution < 1.29 is 9.53 Å². The second-order valence-corrected chi connectivity index (χ2v) is 6.16. The van der Waals surface area contributed by atoms with Crippen LogP contribution < -0.4 is 15.5 Å². The monoisotopic (exact) mass is 363 g/mol. The molecule has 0 radical (unpaired) electrons. The number of nitrogens with zero attached hydrogens (tertiary/aromatic N) is 2. The van der Waals surface area contributed by atoms with Gasteiger partial charge in [-0.3, -0.25) is 9.59 Å². The van der Waals surface area contributed by atoms with Crippen molar-refractivity contribution in [3.05, 3.63) is 87.8 Å². The molecule has 0 bridgehead atoms. The predicted octanol–water partition coefficient (Wildman–Crippen LogP) is 2.66. The SMILES string of the molecule is Cc1ccc(OCCNC(=O)c2nn(-c3ccccc3)c(C)cc2=O)cc1. The van der Waals surface area contributed by atoms with Gasteiger partial charge in [0.15, 0.2) is 5.69 Å². The van der Waals surface area contributed by atoms with Crippen LogP contribution in [0.25, 0.3) is 5.69 Å². The minimum Gasteiger partial charge on any atom is -0.492 e. The Morgan fingerprint density at radius 2 is 1.78 bits per heavy atom. The van der Waals surface area contributed by atoms with Gasteiger partial charge in [-0.05, 0) is 38.1 Å². The van der Waals surface area contributed by atoms with Crippen LogP contribution in [0.4, 0.5) is 0 Å². The molecule has 1 aromatic heterocycles. The van der Waals surface area contributed by atoms with E-state index in [0.29, 0.717) is 12.3 Å². The molecule has 0 unspecified atom stereocenters. The van der Waals surface area contributed by atoms with E-state index in [1.807, 2.05) is 61.5 Å². The van der Waals surface area contributed by atoms with Crippen LogP contribution in [0.3, 0.4) is 0 Å². The van der Waals surface area contributed by atoms with Crippen LogP contribution in [-0.2, 0) is 0 Å². The zero-order valence-electron chi connectivity index (χ0n) is 15.3. The molecule has 0 aliphatic heterocycles. The second-order valence-electron chi connectivity index (χ2n) is 6.16. The molecule has 1 N–H and O–H groups in total. The number of para-hydroxylation sites is 1. The van der Waals surface area contributed by atoms with E-state index in [1.165, 1.54) is 6.07 Å². The number of rotatable bonds is 6. The topological polar surface area (TPSA) is 73.2 Å². The van der Waals surface area contributed by atoms with Gasteiger partial charge in [0.25, 0.3) is 5.91 Å². The van der Waals surface area contributed by atoms with E-state index >= 15 is 0 Å². The normalized spacial score (nSPS) is 10.4. The molecule has 0 aliphatic rings. The van der Waals surface area contributed by atoms with Crippen LogP contribution in [0.1, 0.15) is 21.7 Å². The average Bonchev–Trinajstić information content (AvgIpc) is 2.67. The molecule has 6 heteroatoms. The van der Waals surface area contributed by atoms with Crippen molar-refractivity contribution in [2.75, 3.05) is 13.2 Å². The van der Waals surface area contributed by atoms with Gasteiger partial charge in [0.2, 0.25) is 5.43 Å². The van der Waals surface area contributed by atoms with Crippen molar-refractivity contribution in [1.82, 2.24) is 15.1 Å². The molecule has 3 aromatic rings. The highest BCUT2D eigenvalue weighted by atomic mass is 16.5. The van der Waals surface area contributed by atoms with Gasteiger partial charge in [0.05, 0.1) is 12.2 Å². The number of benzene rings is 2. The van der Waals surface area contributed by atoms with E-state index in [4.69, 9.17) is 4.74 Å². The zero-order valence-corrected chi connectivity index (χ0v) is 15.3. The first-order valence-electron chi connectivity index (χ1n) is 8.68. The van der Waals surface area contributed by atoms with Gasteiger partial charge in [0.1, 0.15) is 12.4 Å². The van der Waals surface area contributed by atoms with Gasteiger partial charge < -0.3 is 10.1 Å². The largest absolute Gasteiger partial charge is 0.492 e. The van der Waals surface area contributed by atoms with Gasteiger partial charge in [-0.2, -0.15) is 5.10 Å². The number of amides is 1. The van der Waals surface area contributed by atoms with Crippen LogP contribution in [0, 0.1) is 13.8 Å². The molecule has 2 aromatic carbocycles. The number of carbonyl (C=O) groups is 1. The quantitative estimate of drug-likeness (QED) is 0.684. The molecule has 1 amide bonds. The summed E-state index contributed by atoms with van der Waals surface area (Å²) < 4.78 is 7.15. The molecule has 0 atom stereocenters. The third-order valence-electron chi connectivity index (χ3n) is 4.00. The minimum absolute atomic E-state index is 0.139. The third-order valence-corrected chi connectivity index (χ3v) is 4.00. The summed E-state index contributed by atoms with van der Waals surface area (Å²) in [5, 5.41) is 6.92. The van der Waals surface area contributed by atoms with Crippen molar-refractivity contribution in [2.45, 2.75) is 13.8 Å². The molecule has 1 heterocycles. The maximum absolute atomic E-state index is 12.4. The molecule has 0 spiro atoms. The van der Waals surface area contributed by atoms with Gasteiger partial charge in [-0.25, -0.2) is 4.68 Å². The number of aromatic nitrogens is 2. The lowest BCUT2D eigenvalue weighted by Gasteiger charge is -2.11. The van der Waals surface area contributed by atoms with E-state index in [-0.39, 0.29) is 12.2 Å². The van der Waals surface area contributed by atoms with Crippen molar-refractivity contribution in [2.24, 2.45) is 0 Å². The molecule has 27 heavy (non-hydrogen) atoms. The number of ether oxygens (including phenoxy) is 1. The van der Waals surface area contributed by atoms with E-state index < -0.39 is 11.3 Å². The number of aryl methyl sites for hydroxylation is 2. The number of hydrogen-bond donors (Lipinski definition) is 1. The van der Waals surface area contributed by atoms with Crippen molar-refractivity contribution in [1.29, 1.82) is 0 Å². The molecule has 0 aliphatic carbocycles. The Morgan fingerprint density at radius 3 is 2.48 bits per heavy atom. The van der Waals surface area contributed by atoms with Crippen molar-refractivity contribution in [3.8, 4) is 11.4 Å². The summed E-state index contributed by atoms with van der Waals surface area (Å²) in [5.74, 6) is 0.215. The molecular formula is C21H21N3O3. The Hall–Kier alpha value is -3.41. The second kappa shape index (κ2) is 8.31. The van der Waals surface area contributed by atoms with Crippen LogP contribution in [0.15, 0.2) is 65.5 Å². The Kier molecular flexibility index (Phi) is 5.66. The first-order chi connectivity index (χ1) is 13.0. The smallest absolute Gasteiger partial charge is 0.275 e. The number of nitrogens with one attached hydrogen (secondary N) is 1. The summed E-state index contributed by atoms with van der Waals surface area (Å²) in [7, 11) is 0. The lowest BCUT2D eigenvalue weighted by Crippen LogP contribution is -2.34.